The minimum Gasteiger partial charge on any atom is -0.456 e. The van der Waals surface area contributed by atoms with Crippen LogP contribution in [0.3, 0.4) is 0 Å². The largest absolute Gasteiger partial charge is 0.456 e. The van der Waals surface area contributed by atoms with E-state index in [2.05, 4.69) is 39.0 Å². The lowest BCUT2D eigenvalue weighted by Crippen LogP contribution is -2.18. The Balaban J connectivity index is 2.07. The van der Waals surface area contributed by atoms with Gasteiger partial charge in [-0.1, -0.05) is 45.0 Å². The average Bonchev–Trinajstić information content (AvgIpc) is 2.74. The van der Waals surface area contributed by atoms with Gasteiger partial charge in [0.2, 0.25) is 0 Å². The van der Waals surface area contributed by atoms with Crippen LogP contribution in [-0.4, -0.2) is 0 Å². The van der Waals surface area contributed by atoms with Gasteiger partial charge in [0.25, 0.3) is 0 Å². The van der Waals surface area contributed by atoms with E-state index in [1.807, 2.05) is 24.3 Å². The summed E-state index contributed by atoms with van der Waals surface area (Å²) in [6.07, 6.45) is 0.967. The van der Waals surface area contributed by atoms with Crippen molar-refractivity contribution in [1.29, 1.82) is 0 Å². The number of hydrogen-bond donors (Lipinski definition) is 1. The Bertz CT molecular complexity index is 749. The Morgan fingerprint density at radius 3 is 2.45 bits per heavy atom. The maximum atomic E-state index is 6.35. The van der Waals surface area contributed by atoms with E-state index in [1.54, 1.807) is 0 Å². The van der Waals surface area contributed by atoms with Crippen LogP contribution in [0, 0.1) is 5.41 Å². The molecule has 0 aliphatic rings. The summed E-state index contributed by atoms with van der Waals surface area (Å²) in [6, 6.07) is 14.5. The third-order valence-corrected chi connectivity index (χ3v) is 3.66. The van der Waals surface area contributed by atoms with Crippen molar-refractivity contribution >= 4 is 21.9 Å². The van der Waals surface area contributed by atoms with Gasteiger partial charge in [0.1, 0.15) is 11.2 Å². The lowest BCUT2D eigenvalue weighted by molar-refractivity contribution is 0.343. The first kappa shape index (κ1) is 13.2. The highest BCUT2D eigenvalue weighted by Crippen LogP contribution is 2.33. The van der Waals surface area contributed by atoms with E-state index in [0.29, 0.717) is 0 Å². The minimum absolute atomic E-state index is 0.0630. The summed E-state index contributed by atoms with van der Waals surface area (Å²) in [5.74, 6) is 0. The van der Waals surface area contributed by atoms with Gasteiger partial charge < -0.3 is 10.2 Å². The summed E-state index contributed by atoms with van der Waals surface area (Å²) in [6.45, 7) is 6.66. The predicted molar refractivity (Wildman–Crippen MR) is 84.7 cm³/mol. The van der Waals surface area contributed by atoms with E-state index in [9.17, 15) is 0 Å². The van der Waals surface area contributed by atoms with Crippen LogP contribution in [0.2, 0.25) is 0 Å². The van der Waals surface area contributed by atoms with Crippen LogP contribution in [0.4, 0.5) is 0 Å². The first-order chi connectivity index (χ1) is 9.44. The molecule has 0 amide bonds. The highest BCUT2D eigenvalue weighted by Gasteiger charge is 2.18. The number of rotatable bonds is 2. The van der Waals surface area contributed by atoms with Gasteiger partial charge >= 0.3 is 0 Å². The summed E-state index contributed by atoms with van der Waals surface area (Å²) < 4.78 is 5.85. The summed E-state index contributed by atoms with van der Waals surface area (Å²) in [4.78, 5) is 0. The molecule has 3 aromatic rings. The summed E-state index contributed by atoms with van der Waals surface area (Å²) >= 11 is 0. The fourth-order valence-electron chi connectivity index (χ4n) is 2.75. The molecule has 1 atom stereocenters. The highest BCUT2D eigenvalue weighted by molar-refractivity contribution is 6.05. The van der Waals surface area contributed by atoms with Gasteiger partial charge in [0.05, 0.1) is 0 Å². The fraction of sp³-hybridized carbons (Fsp3) is 0.333. The maximum Gasteiger partial charge on any atom is 0.135 e. The first-order valence-corrected chi connectivity index (χ1v) is 7.11. The van der Waals surface area contributed by atoms with Crippen LogP contribution < -0.4 is 5.73 Å². The Morgan fingerprint density at radius 1 is 1.00 bits per heavy atom. The molecule has 1 heterocycles. The minimum atomic E-state index is 0.0630. The Hall–Kier alpha value is -1.80. The second-order valence-electron chi connectivity index (χ2n) is 6.73. The standard InChI is InChI=1S/C18H21NO/c1-18(2,3)11-15(19)12-8-9-17-14(10-12)13-6-4-5-7-16(13)20-17/h4-10,15H,11,19H2,1-3H3. The van der Waals surface area contributed by atoms with Gasteiger partial charge in [0.15, 0.2) is 0 Å². The SMILES string of the molecule is CC(C)(C)CC(N)c1ccc2oc3ccccc3c2c1. The molecule has 104 valence electrons. The van der Waals surface area contributed by atoms with Crippen LogP contribution in [-0.2, 0) is 0 Å². The van der Waals surface area contributed by atoms with Crippen molar-refractivity contribution in [3.05, 3.63) is 48.0 Å². The number of furan rings is 1. The van der Waals surface area contributed by atoms with Crippen molar-refractivity contribution in [2.24, 2.45) is 11.1 Å². The van der Waals surface area contributed by atoms with Gasteiger partial charge in [-0.05, 0) is 35.6 Å². The first-order valence-electron chi connectivity index (χ1n) is 7.11. The topological polar surface area (TPSA) is 39.2 Å². The maximum absolute atomic E-state index is 6.35. The normalized spacial score (nSPS) is 14.0. The van der Waals surface area contributed by atoms with E-state index in [0.717, 1.165) is 28.4 Å². The number of nitrogens with two attached hydrogens (primary N) is 1. The van der Waals surface area contributed by atoms with Gasteiger partial charge in [-0.25, -0.2) is 0 Å². The molecule has 1 unspecified atom stereocenters. The molecule has 0 fully saturated rings. The lowest BCUT2D eigenvalue weighted by atomic mass is 9.85. The van der Waals surface area contributed by atoms with E-state index in [1.165, 1.54) is 5.56 Å². The number of fused-ring (bicyclic) bond motifs is 3. The summed E-state index contributed by atoms with van der Waals surface area (Å²) in [5, 5.41) is 2.31. The second kappa shape index (κ2) is 4.64. The van der Waals surface area contributed by atoms with E-state index >= 15 is 0 Å². The van der Waals surface area contributed by atoms with Gasteiger partial charge in [0, 0.05) is 16.8 Å². The van der Waals surface area contributed by atoms with E-state index < -0.39 is 0 Å². The molecule has 0 saturated heterocycles. The quantitative estimate of drug-likeness (QED) is 0.708. The second-order valence-corrected chi connectivity index (χ2v) is 6.73. The monoisotopic (exact) mass is 267 g/mol. The zero-order valence-corrected chi connectivity index (χ0v) is 12.3. The predicted octanol–water partition coefficient (Wildman–Crippen LogP) is 5.02. The van der Waals surface area contributed by atoms with Crippen LogP contribution in [0.25, 0.3) is 21.9 Å². The van der Waals surface area contributed by atoms with Gasteiger partial charge in [-0.3, -0.25) is 0 Å². The molecule has 1 aromatic heterocycles. The smallest absolute Gasteiger partial charge is 0.135 e. The molecular formula is C18H21NO. The molecule has 0 aliphatic heterocycles. The highest BCUT2D eigenvalue weighted by atomic mass is 16.3. The van der Waals surface area contributed by atoms with Crippen molar-refractivity contribution in [1.82, 2.24) is 0 Å². The third kappa shape index (κ3) is 2.44. The molecule has 0 spiro atoms. The number of hydrogen-bond acceptors (Lipinski definition) is 2. The van der Waals surface area contributed by atoms with Crippen molar-refractivity contribution < 1.29 is 4.42 Å². The molecule has 3 rings (SSSR count). The summed E-state index contributed by atoms with van der Waals surface area (Å²) in [5.41, 5.74) is 9.63. The average molecular weight is 267 g/mol. The molecular weight excluding hydrogens is 246 g/mol. The Kier molecular flexibility index (Phi) is 3.06. The molecule has 0 saturated carbocycles. The van der Waals surface area contributed by atoms with Crippen molar-refractivity contribution in [3.63, 3.8) is 0 Å². The molecule has 2 aromatic carbocycles. The molecule has 2 heteroatoms. The molecule has 0 radical (unpaired) electrons. The fourth-order valence-corrected chi connectivity index (χ4v) is 2.75. The van der Waals surface area contributed by atoms with Crippen molar-refractivity contribution in [2.45, 2.75) is 33.2 Å². The van der Waals surface area contributed by atoms with Gasteiger partial charge in [-0.2, -0.15) is 0 Å². The van der Waals surface area contributed by atoms with Crippen molar-refractivity contribution in [3.8, 4) is 0 Å². The lowest BCUT2D eigenvalue weighted by Gasteiger charge is -2.23. The number of benzene rings is 2. The Morgan fingerprint density at radius 2 is 1.70 bits per heavy atom. The van der Waals surface area contributed by atoms with Crippen LogP contribution in [0.15, 0.2) is 46.9 Å². The van der Waals surface area contributed by atoms with Gasteiger partial charge in [-0.15, -0.1) is 0 Å². The van der Waals surface area contributed by atoms with Crippen LogP contribution >= 0.6 is 0 Å². The molecule has 2 N–H and O–H groups in total. The van der Waals surface area contributed by atoms with Crippen LogP contribution in [0.5, 0.6) is 0 Å². The Labute approximate surface area is 119 Å². The third-order valence-electron chi connectivity index (χ3n) is 3.66. The molecule has 0 bridgehead atoms. The van der Waals surface area contributed by atoms with E-state index in [-0.39, 0.29) is 11.5 Å². The summed E-state index contributed by atoms with van der Waals surface area (Å²) in [7, 11) is 0. The molecule has 2 nitrogen and oxygen atoms in total. The number of para-hydroxylation sites is 1. The zero-order valence-electron chi connectivity index (χ0n) is 12.3. The van der Waals surface area contributed by atoms with Crippen molar-refractivity contribution in [2.75, 3.05) is 0 Å². The molecule has 20 heavy (non-hydrogen) atoms. The van der Waals surface area contributed by atoms with E-state index in [4.69, 9.17) is 10.2 Å². The zero-order chi connectivity index (χ0) is 14.3. The van der Waals surface area contributed by atoms with Crippen LogP contribution in [0.1, 0.15) is 38.8 Å². The molecule has 0 aliphatic carbocycles.